The smallest absolute Gasteiger partial charge is 0.170 e. The van der Waals surface area contributed by atoms with E-state index >= 15 is 0 Å². The minimum absolute atomic E-state index is 0.00170. The van der Waals surface area contributed by atoms with Crippen LogP contribution in [0.5, 0.6) is 0 Å². The van der Waals surface area contributed by atoms with Crippen molar-refractivity contribution < 1.29 is 0 Å². The van der Waals surface area contributed by atoms with Crippen molar-refractivity contribution in [1.29, 1.82) is 0 Å². The second-order valence-corrected chi connectivity index (χ2v) is 9.17. The lowest BCUT2D eigenvalue weighted by molar-refractivity contribution is 0.292. The molecule has 0 radical (unpaired) electrons. The van der Waals surface area contributed by atoms with Crippen LogP contribution in [0.3, 0.4) is 0 Å². The Morgan fingerprint density at radius 1 is 1.06 bits per heavy atom. The SMILES string of the molecule is Cc1cccnc1-n1c(C)cc([C@@H]2[C@@H](c3ccccn3)NC(=S)N2CCCN(C)C)c1C. The fraction of sp³-hybridized carbons (Fsp3) is 0.400. The van der Waals surface area contributed by atoms with E-state index in [1.165, 1.54) is 17.0 Å². The summed E-state index contributed by atoms with van der Waals surface area (Å²) in [6, 6.07) is 12.5. The van der Waals surface area contributed by atoms with E-state index in [0.29, 0.717) is 0 Å². The highest BCUT2D eigenvalue weighted by atomic mass is 32.1. The number of pyridine rings is 2. The molecule has 0 saturated carbocycles. The zero-order valence-electron chi connectivity index (χ0n) is 19.5. The summed E-state index contributed by atoms with van der Waals surface area (Å²) in [5.41, 5.74) is 5.80. The first-order chi connectivity index (χ1) is 15.4. The lowest BCUT2D eigenvalue weighted by Crippen LogP contribution is -2.32. The van der Waals surface area contributed by atoms with E-state index in [4.69, 9.17) is 12.2 Å². The fourth-order valence-electron chi connectivity index (χ4n) is 4.67. The van der Waals surface area contributed by atoms with Crippen LogP contribution < -0.4 is 5.32 Å². The Kier molecular flexibility index (Phi) is 6.58. The quantitative estimate of drug-likeness (QED) is 0.549. The minimum Gasteiger partial charge on any atom is -0.352 e. The van der Waals surface area contributed by atoms with Gasteiger partial charge in [-0.25, -0.2) is 4.98 Å². The lowest BCUT2D eigenvalue weighted by Gasteiger charge is -2.28. The third-order valence-electron chi connectivity index (χ3n) is 6.18. The van der Waals surface area contributed by atoms with Gasteiger partial charge >= 0.3 is 0 Å². The molecule has 1 saturated heterocycles. The van der Waals surface area contributed by atoms with Crippen LogP contribution in [-0.4, -0.2) is 56.6 Å². The Balaban J connectivity index is 1.78. The van der Waals surface area contributed by atoms with Crippen molar-refractivity contribution >= 4 is 17.3 Å². The summed E-state index contributed by atoms with van der Waals surface area (Å²) in [7, 11) is 4.22. The lowest BCUT2D eigenvalue weighted by atomic mass is 9.96. The van der Waals surface area contributed by atoms with Crippen LogP contribution in [-0.2, 0) is 0 Å². The Morgan fingerprint density at radius 2 is 1.84 bits per heavy atom. The van der Waals surface area contributed by atoms with Gasteiger partial charge in [0.05, 0.1) is 17.8 Å². The molecule has 4 heterocycles. The first kappa shape index (κ1) is 22.4. The summed E-state index contributed by atoms with van der Waals surface area (Å²) in [5, 5.41) is 4.37. The van der Waals surface area contributed by atoms with Gasteiger partial charge in [-0.2, -0.15) is 0 Å². The Labute approximate surface area is 196 Å². The summed E-state index contributed by atoms with van der Waals surface area (Å²) >= 11 is 5.83. The first-order valence-electron chi connectivity index (χ1n) is 11.1. The van der Waals surface area contributed by atoms with Gasteiger partial charge in [0.1, 0.15) is 5.82 Å². The molecule has 32 heavy (non-hydrogen) atoms. The van der Waals surface area contributed by atoms with Crippen molar-refractivity contribution in [2.45, 2.75) is 39.3 Å². The highest BCUT2D eigenvalue weighted by Crippen LogP contribution is 2.41. The molecule has 1 N–H and O–H groups in total. The van der Waals surface area contributed by atoms with Crippen molar-refractivity contribution in [1.82, 2.24) is 29.7 Å². The molecular weight excluding hydrogens is 416 g/mol. The molecule has 0 spiro atoms. The largest absolute Gasteiger partial charge is 0.352 e. The summed E-state index contributed by atoms with van der Waals surface area (Å²) in [5.74, 6) is 0.982. The summed E-state index contributed by atoms with van der Waals surface area (Å²) in [6.45, 7) is 8.36. The molecule has 0 bridgehead atoms. The average molecular weight is 449 g/mol. The van der Waals surface area contributed by atoms with Crippen molar-refractivity contribution in [3.8, 4) is 5.82 Å². The van der Waals surface area contributed by atoms with Crippen molar-refractivity contribution in [2.75, 3.05) is 27.2 Å². The monoisotopic (exact) mass is 448 g/mol. The molecule has 3 aromatic heterocycles. The van der Waals surface area contributed by atoms with Gasteiger partial charge in [0, 0.05) is 30.3 Å². The standard InChI is InChI=1S/C25H32N6S/c1-17-10-8-13-27-24(17)31-18(2)16-20(19(31)3)23-22(21-11-6-7-12-26-21)28-25(32)30(23)15-9-14-29(4)5/h6-8,10-13,16,22-23H,9,14-15H2,1-5H3,(H,28,32)/t22-,23-/m1/s1. The van der Waals surface area contributed by atoms with Crippen LogP contribution in [0.4, 0.5) is 0 Å². The number of nitrogens with one attached hydrogen (secondary N) is 1. The van der Waals surface area contributed by atoms with Gasteiger partial charge in [0.15, 0.2) is 5.11 Å². The molecule has 0 unspecified atom stereocenters. The van der Waals surface area contributed by atoms with Crippen LogP contribution in [0.25, 0.3) is 5.82 Å². The predicted molar refractivity (Wildman–Crippen MR) is 133 cm³/mol. The molecule has 0 amide bonds. The van der Waals surface area contributed by atoms with E-state index < -0.39 is 0 Å². The number of hydrogen-bond acceptors (Lipinski definition) is 4. The average Bonchev–Trinajstić information content (AvgIpc) is 3.24. The Hall–Kier alpha value is -2.77. The predicted octanol–water partition coefficient (Wildman–Crippen LogP) is 4.12. The minimum atomic E-state index is 0.00170. The van der Waals surface area contributed by atoms with Gasteiger partial charge in [0.25, 0.3) is 0 Å². The van der Waals surface area contributed by atoms with Crippen LogP contribution in [0.15, 0.2) is 48.8 Å². The Morgan fingerprint density at radius 3 is 2.53 bits per heavy atom. The molecule has 1 fully saturated rings. The van der Waals surface area contributed by atoms with Crippen LogP contribution in [0.1, 0.15) is 46.7 Å². The highest BCUT2D eigenvalue weighted by Gasteiger charge is 2.41. The van der Waals surface area contributed by atoms with Gasteiger partial charge in [-0.15, -0.1) is 0 Å². The van der Waals surface area contributed by atoms with E-state index in [0.717, 1.165) is 41.7 Å². The topological polar surface area (TPSA) is 49.2 Å². The van der Waals surface area contributed by atoms with E-state index in [1.807, 2.05) is 30.6 Å². The normalized spacial score (nSPS) is 18.4. The van der Waals surface area contributed by atoms with Gasteiger partial charge < -0.3 is 19.7 Å². The molecule has 3 aromatic rings. The van der Waals surface area contributed by atoms with Gasteiger partial charge in [-0.1, -0.05) is 12.1 Å². The molecule has 1 aliphatic rings. The molecule has 2 atom stereocenters. The number of nitrogens with zero attached hydrogens (tertiary/aromatic N) is 5. The van der Waals surface area contributed by atoms with Crippen LogP contribution in [0, 0.1) is 20.8 Å². The molecule has 7 heteroatoms. The van der Waals surface area contributed by atoms with Crippen molar-refractivity contribution in [3.63, 3.8) is 0 Å². The maximum absolute atomic E-state index is 5.83. The third-order valence-corrected chi connectivity index (χ3v) is 6.54. The zero-order valence-corrected chi connectivity index (χ0v) is 20.4. The van der Waals surface area contributed by atoms with Crippen LogP contribution in [0.2, 0.25) is 0 Å². The molecule has 6 nitrogen and oxygen atoms in total. The van der Waals surface area contributed by atoms with Gasteiger partial charge in [-0.05, 0) is 95.4 Å². The number of thiocarbonyl (C=S) groups is 1. The highest BCUT2D eigenvalue weighted by molar-refractivity contribution is 7.80. The van der Waals surface area contributed by atoms with Gasteiger partial charge in [-0.3, -0.25) is 4.98 Å². The molecule has 0 aliphatic carbocycles. The van der Waals surface area contributed by atoms with Crippen molar-refractivity contribution in [2.24, 2.45) is 0 Å². The number of hydrogen-bond donors (Lipinski definition) is 1. The molecule has 1 aliphatic heterocycles. The fourth-order valence-corrected chi connectivity index (χ4v) is 5.00. The maximum atomic E-state index is 5.83. The third kappa shape index (κ3) is 4.27. The van der Waals surface area contributed by atoms with Gasteiger partial charge in [0.2, 0.25) is 0 Å². The summed E-state index contributed by atoms with van der Waals surface area (Å²) in [6.07, 6.45) is 4.75. The summed E-state index contributed by atoms with van der Waals surface area (Å²) < 4.78 is 2.26. The number of rotatable bonds is 7. The van der Waals surface area contributed by atoms with Crippen molar-refractivity contribution in [3.05, 3.63) is 77.0 Å². The van der Waals surface area contributed by atoms with E-state index in [2.05, 4.69) is 82.7 Å². The molecule has 4 rings (SSSR count). The van der Waals surface area contributed by atoms with Crippen LogP contribution >= 0.6 is 12.2 Å². The summed E-state index contributed by atoms with van der Waals surface area (Å²) in [4.78, 5) is 13.9. The maximum Gasteiger partial charge on any atom is 0.170 e. The van der Waals surface area contributed by atoms with E-state index in [9.17, 15) is 0 Å². The zero-order chi connectivity index (χ0) is 22.8. The van der Waals surface area contributed by atoms with E-state index in [-0.39, 0.29) is 12.1 Å². The number of aromatic nitrogens is 3. The second kappa shape index (κ2) is 9.38. The molecular formula is C25H32N6S. The molecule has 168 valence electrons. The number of aryl methyl sites for hydroxylation is 2. The Bertz CT molecular complexity index is 1090. The molecule has 0 aromatic carbocycles. The first-order valence-corrected chi connectivity index (χ1v) is 11.5. The second-order valence-electron chi connectivity index (χ2n) is 8.78. The van der Waals surface area contributed by atoms with E-state index in [1.54, 1.807) is 0 Å².